The highest BCUT2D eigenvalue weighted by Gasteiger charge is 2.33. The van der Waals surface area contributed by atoms with Gasteiger partial charge in [-0.05, 0) is 88.2 Å². The Kier molecular flexibility index (Phi) is 12.6. The van der Waals surface area contributed by atoms with Gasteiger partial charge in [-0.25, -0.2) is 18.4 Å². The third kappa shape index (κ3) is 9.16. The first-order valence-corrected chi connectivity index (χ1v) is 20.3. The summed E-state index contributed by atoms with van der Waals surface area (Å²) in [7, 11) is 0. The summed E-state index contributed by atoms with van der Waals surface area (Å²) < 4.78 is 46.1. The van der Waals surface area contributed by atoms with Crippen LogP contribution in [0.2, 0.25) is 0 Å². The van der Waals surface area contributed by atoms with Gasteiger partial charge in [0.1, 0.15) is 22.9 Å². The van der Waals surface area contributed by atoms with E-state index in [4.69, 9.17) is 9.47 Å². The van der Waals surface area contributed by atoms with Crippen LogP contribution in [0, 0.1) is 18.6 Å². The van der Waals surface area contributed by atoms with Gasteiger partial charge in [-0.15, -0.1) is 0 Å². The van der Waals surface area contributed by atoms with Crippen LogP contribution in [-0.2, 0) is 22.4 Å². The zero-order chi connectivity index (χ0) is 40.2. The molecule has 0 amide bonds. The van der Waals surface area contributed by atoms with Crippen molar-refractivity contribution in [2.75, 3.05) is 75.9 Å². The highest BCUT2D eigenvalue weighted by atomic mass is 19.1. The molecule has 57 heavy (non-hydrogen) atoms. The molecular formula is C42H53F2N7O6. The minimum atomic E-state index is -0.849. The number of fused-ring (bicyclic) bond motifs is 1. The lowest BCUT2D eigenvalue weighted by molar-refractivity contribution is 0.0298. The zero-order valence-electron chi connectivity index (χ0n) is 33.1. The smallest absolute Gasteiger partial charge is 0.343 e. The van der Waals surface area contributed by atoms with Crippen molar-refractivity contribution in [2.24, 2.45) is 0 Å². The number of aryl methyl sites for hydroxylation is 2. The number of pyridine rings is 1. The number of halogens is 2. The highest BCUT2D eigenvalue weighted by molar-refractivity contribution is 5.95. The van der Waals surface area contributed by atoms with Crippen molar-refractivity contribution in [3.8, 4) is 0 Å². The minimum Gasteiger partial charge on any atom is -0.462 e. The monoisotopic (exact) mass is 789 g/mol. The van der Waals surface area contributed by atoms with E-state index in [1.807, 2.05) is 32.0 Å². The molecule has 2 aromatic carbocycles. The number of piperazine rings is 1. The van der Waals surface area contributed by atoms with Crippen molar-refractivity contribution >= 4 is 34.1 Å². The lowest BCUT2D eigenvalue weighted by atomic mass is 10.1. The topological polar surface area (TPSA) is 134 Å². The van der Waals surface area contributed by atoms with Gasteiger partial charge in [-0.3, -0.25) is 28.9 Å². The number of hydrogen-bond donors (Lipinski definition) is 2. The molecule has 306 valence electrons. The van der Waals surface area contributed by atoms with Gasteiger partial charge in [0, 0.05) is 75.8 Å². The van der Waals surface area contributed by atoms with E-state index in [2.05, 4.69) is 27.0 Å². The van der Waals surface area contributed by atoms with Crippen LogP contribution < -0.4 is 26.9 Å². The van der Waals surface area contributed by atoms with Crippen molar-refractivity contribution in [3.63, 3.8) is 0 Å². The number of nitrogens with one attached hydrogen (secondary N) is 2. The van der Waals surface area contributed by atoms with Gasteiger partial charge in [-0.2, -0.15) is 0 Å². The molecule has 0 radical (unpaired) electrons. The number of morpholine rings is 1. The molecule has 1 saturated carbocycles. The van der Waals surface area contributed by atoms with Crippen LogP contribution in [0.4, 0.5) is 26.0 Å². The van der Waals surface area contributed by atoms with E-state index in [1.54, 1.807) is 9.47 Å². The Labute approximate surface area is 330 Å². The van der Waals surface area contributed by atoms with Gasteiger partial charge in [0.05, 0.1) is 30.7 Å². The summed E-state index contributed by atoms with van der Waals surface area (Å²) in [5, 5.41) is 2.96. The van der Waals surface area contributed by atoms with Crippen molar-refractivity contribution in [1.29, 1.82) is 0 Å². The quantitative estimate of drug-likeness (QED) is 0.126. The van der Waals surface area contributed by atoms with E-state index < -0.39 is 28.7 Å². The Hall–Kier alpha value is -4.86. The summed E-state index contributed by atoms with van der Waals surface area (Å²) in [6.45, 7) is 12.2. The van der Waals surface area contributed by atoms with E-state index >= 15 is 8.78 Å². The van der Waals surface area contributed by atoms with Crippen LogP contribution in [0.5, 0.6) is 0 Å². The number of ether oxygens (including phenoxy) is 2. The predicted molar refractivity (Wildman–Crippen MR) is 216 cm³/mol. The number of rotatable bonds is 15. The number of aromatic nitrogens is 3. The number of nitrogens with zero attached hydrogens (tertiary/aromatic N) is 5. The molecule has 0 bridgehead atoms. The lowest BCUT2D eigenvalue weighted by Crippen LogP contribution is -2.52. The first kappa shape index (κ1) is 40.3. The maximum Gasteiger partial charge on any atom is 0.343 e. The number of carbonyl (C=O) groups excluding carboxylic acids is 1. The van der Waals surface area contributed by atoms with Gasteiger partial charge >= 0.3 is 11.7 Å². The maximum absolute atomic E-state index is 16.5. The standard InChI is InChI=1S/C42H53F2N7O6/c1-4-29-22-30(9-8-27(29)2)45-35-24-36(52)50(42(55)46-35)14-6-5-13-48-15-16-49(25-28(48)3)39-34(43)23-32-38(37(39)44)51(31-10-11-31)26-33(40(32)53)41(54)57-19-7-12-47-17-20-56-21-18-47/h8-9,22-24,26,28,31,45H,4-7,10-21,25H2,1-3H3,(H,46,55). The van der Waals surface area contributed by atoms with Crippen LogP contribution in [0.15, 0.2) is 50.9 Å². The van der Waals surface area contributed by atoms with Gasteiger partial charge in [0.2, 0.25) is 5.43 Å². The Morgan fingerprint density at radius 1 is 0.982 bits per heavy atom. The number of carbonyl (C=O) groups is 1. The Morgan fingerprint density at radius 2 is 1.75 bits per heavy atom. The number of benzene rings is 2. The van der Waals surface area contributed by atoms with Crippen molar-refractivity contribution < 1.29 is 23.0 Å². The van der Waals surface area contributed by atoms with Crippen LogP contribution in [-0.4, -0.2) is 102 Å². The zero-order valence-corrected chi connectivity index (χ0v) is 33.1. The molecule has 0 spiro atoms. The summed E-state index contributed by atoms with van der Waals surface area (Å²) in [6.07, 6.45) is 5.68. The summed E-state index contributed by atoms with van der Waals surface area (Å²) in [4.78, 5) is 61.3. The molecule has 1 atom stereocenters. The fourth-order valence-electron chi connectivity index (χ4n) is 8.06. The van der Waals surface area contributed by atoms with Crippen molar-refractivity contribution in [3.05, 3.63) is 95.9 Å². The fourth-order valence-corrected chi connectivity index (χ4v) is 8.06. The second kappa shape index (κ2) is 17.7. The molecule has 1 aliphatic carbocycles. The third-order valence-electron chi connectivity index (χ3n) is 11.5. The van der Waals surface area contributed by atoms with Gasteiger partial charge < -0.3 is 24.3 Å². The first-order valence-electron chi connectivity index (χ1n) is 20.3. The van der Waals surface area contributed by atoms with Crippen LogP contribution in [0.3, 0.4) is 0 Å². The van der Waals surface area contributed by atoms with Gasteiger partial charge in [0.15, 0.2) is 5.82 Å². The number of esters is 1. The first-order chi connectivity index (χ1) is 27.5. The molecular weight excluding hydrogens is 737 g/mol. The summed E-state index contributed by atoms with van der Waals surface area (Å²) in [6, 6.07) is 8.23. The van der Waals surface area contributed by atoms with Gasteiger partial charge in [-0.1, -0.05) is 13.0 Å². The number of anilines is 3. The largest absolute Gasteiger partial charge is 0.462 e. The van der Waals surface area contributed by atoms with Crippen molar-refractivity contribution in [1.82, 2.24) is 23.9 Å². The SMILES string of the molecule is CCc1cc(Nc2cc(=O)n(CCCCN3CCN(c4c(F)cc5c(=O)c(C(=O)OCCCN6CCOCC6)cn(C6CC6)c5c4F)CC3C)c(=O)[nH]2)ccc1C. The van der Waals surface area contributed by atoms with E-state index in [9.17, 15) is 19.2 Å². The summed E-state index contributed by atoms with van der Waals surface area (Å²) in [5.74, 6) is -2.11. The maximum atomic E-state index is 16.5. The summed E-state index contributed by atoms with van der Waals surface area (Å²) >= 11 is 0. The molecule has 7 rings (SSSR count). The fraction of sp³-hybridized carbons (Fsp3) is 0.524. The van der Waals surface area contributed by atoms with E-state index in [-0.39, 0.29) is 52.9 Å². The van der Waals surface area contributed by atoms with Crippen LogP contribution in [0.1, 0.15) is 73.5 Å². The van der Waals surface area contributed by atoms with Gasteiger partial charge in [0.25, 0.3) is 5.56 Å². The second-order valence-electron chi connectivity index (χ2n) is 15.5. The normalized spacial score (nSPS) is 18.0. The number of hydrogen-bond acceptors (Lipinski definition) is 10. The number of aromatic amines is 1. The molecule has 15 heteroatoms. The molecule has 13 nitrogen and oxygen atoms in total. The average Bonchev–Trinajstić information content (AvgIpc) is 4.04. The molecule has 2 N–H and O–H groups in total. The van der Waals surface area contributed by atoms with E-state index in [0.717, 1.165) is 50.7 Å². The van der Waals surface area contributed by atoms with Crippen molar-refractivity contribution in [2.45, 2.75) is 77.9 Å². The molecule has 4 aromatic rings. The average molecular weight is 790 g/mol. The minimum absolute atomic E-state index is 0.00711. The molecule has 4 heterocycles. The number of H-pyrrole nitrogens is 1. The third-order valence-corrected chi connectivity index (χ3v) is 11.5. The Bertz CT molecular complexity index is 2250. The lowest BCUT2D eigenvalue weighted by Gasteiger charge is -2.41. The Morgan fingerprint density at radius 3 is 2.47 bits per heavy atom. The van der Waals surface area contributed by atoms with E-state index in [1.165, 1.54) is 28.0 Å². The summed E-state index contributed by atoms with van der Waals surface area (Å²) in [5.41, 5.74) is 1.16. The molecule has 3 fully saturated rings. The van der Waals surface area contributed by atoms with Crippen LogP contribution in [0.25, 0.3) is 10.9 Å². The molecule has 2 aromatic heterocycles. The number of unbranched alkanes of at least 4 members (excludes halogenated alkanes) is 1. The second-order valence-corrected chi connectivity index (χ2v) is 15.5. The Balaban J connectivity index is 0.960. The molecule has 3 aliphatic rings. The van der Waals surface area contributed by atoms with Crippen LogP contribution >= 0.6 is 0 Å². The van der Waals surface area contributed by atoms with E-state index in [0.29, 0.717) is 64.5 Å². The predicted octanol–water partition coefficient (Wildman–Crippen LogP) is 4.95. The molecule has 1 unspecified atom stereocenters. The molecule has 2 aliphatic heterocycles. The molecule has 2 saturated heterocycles. The highest BCUT2D eigenvalue weighted by Crippen LogP contribution is 2.40.